The maximum Gasteiger partial charge on any atom is 0.265 e. The third kappa shape index (κ3) is 7.98. The normalized spacial score (nSPS) is 15.0. The minimum absolute atomic E-state index is 0.261. The Morgan fingerprint density at radius 2 is 1.57 bits per heavy atom. The van der Waals surface area contributed by atoms with Crippen LogP contribution in [0.15, 0.2) is 82.2 Å². The van der Waals surface area contributed by atoms with E-state index in [1.807, 2.05) is 25.1 Å². The molecule has 5 rings (SSSR count). The van der Waals surface area contributed by atoms with Crippen LogP contribution in [0.1, 0.15) is 35.9 Å². The molecule has 3 aromatic carbocycles. The molecular formula is C32H35N2O6S4+. The molecule has 0 spiro atoms. The van der Waals surface area contributed by atoms with E-state index in [0.29, 0.717) is 13.1 Å². The van der Waals surface area contributed by atoms with Gasteiger partial charge < -0.3 is 4.90 Å². The van der Waals surface area contributed by atoms with Gasteiger partial charge in [0, 0.05) is 30.0 Å². The summed E-state index contributed by atoms with van der Waals surface area (Å²) in [5, 5.41) is 1.90. The first kappa shape index (κ1) is 32.4. The Morgan fingerprint density at radius 3 is 2.27 bits per heavy atom. The molecule has 0 amide bonds. The molecular weight excluding hydrogens is 637 g/mol. The van der Waals surface area contributed by atoms with Crippen LogP contribution in [0, 0.1) is 13.8 Å². The van der Waals surface area contributed by atoms with Crippen molar-refractivity contribution in [1.82, 2.24) is 0 Å². The summed E-state index contributed by atoms with van der Waals surface area (Å²) in [5.41, 5.74) is 7.42. The van der Waals surface area contributed by atoms with Crippen molar-refractivity contribution in [2.45, 2.75) is 45.1 Å². The number of rotatable bonds is 11. The van der Waals surface area contributed by atoms with Crippen molar-refractivity contribution in [3.63, 3.8) is 0 Å². The van der Waals surface area contributed by atoms with Crippen LogP contribution in [0.3, 0.4) is 0 Å². The van der Waals surface area contributed by atoms with E-state index >= 15 is 0 Å². The first-order valence-electron chi connectivity index (χ1n) is 14.2. The lowest BCUT2D eigenvalue weighted by atomic mass is 10.0. The SMILES string of the molecule is CC(=Cc1sc2cc(C)c(C)cc2[n+]1CCCS(=O)(=O)O)C=C1Sc2ccc(-c3ccccc3)cc2N1CCCS(=O)(=O)O. The van der Waals surface area contributed by atoms with Crippen LogP contribution < -0.4 is 9.47 Å². The minimum atomic E-state index is -4.09. The van der Waals surface area contributed by atoms with E-state index in [2.05, 4.69) is 77.9 Å². The van der Waals surface area contributed by atoms with Crippen molar-refractivity contribution < 1.29 is 30.5 Å². The maximum atomic E-state index is 11.5. The number of hydrogen-bond donors (Lipinski definition) is 2. The second-order valence-electron chi connectivity index (χ2n) is 10.9. The average molecular weight is 672 g/mol. The second kappa shape index (κ2) is 13.2. The summed E-state index contributed by atoms with van der Waals surface area (Å²) in [6, 6.07) is 20.6. The third-order valence-electron chi connectivity index (χ3n) is 7.45. The molecule has 0 fully saturated rings. The molecule has 0 unspecified atom stereocenters. The summed E-state index contributed by atoms with van der Waals surface area (Å²) in [4.78, 5) is 3.16. The molecule has 44 heavy (non-hydrogen) atoms. The highest BCUT2D eigenvalue weighted by atomic mass is 32.2. The highest BCUT2D eigenvalue weighted by Crippen LogP contribution is 2.48. The van der Waals surface area contributed by atoms with Crippen LogP contribution in [0.5, 0.6) is 0 Å². The number of thioether (sulfide) groups is 1. The number of fused-ring (bicyclic) bond motifs is 2. The third-order valence-corrected chi connectivity index (χ3v) is 11.3. The van der Waals surface area contributed by atoms with Gasteiger partial charge in [-0.3, -0.25) is 9.11 Å². The van der Waals surface area contributed by atoms with Crippen LogP contribution in [-0.2, 0) is 26.8 Å². The fourth-order valence-electron chi connectivity index (χ4n) is 5.18. The summed E-state index contributed by atoms with van der Waals surface area (Å²) in [6.45, 7) is 6.97. The molecule has 0 bridgehead atoms. The predicted molar refractivity (Wildman–Crippen MR) is 180 cm³/mol. The first-order chi connectivity index (χ1) is 20.8. The van der Waals surface area contributed by atoms with Gasteiger partial charge in [-0.05, 0) is 79.3 Å². The van der Waals surface area contributed by atoms with Crippen LogP contribution in [0.2, 0.25) is 0 Å². The molecule has 1 aromatic heterocycles. The second-order valence-corrected chi connectivity index (χ2v) is 16.2. The summed E-state index contributed by atoms with van der Waals surface area (Å²) in [6.07, 6.45) is 4.69. The highest BCUT2D eigenvalue weighted by Gasteiger charge is 2.27. The molecule has 0 saturated carbocycles. The lowest BCUT2D eigenvalue weighted by molar-refractivity contribution is -0.668. The number of benzene rings is 3. The van der Waals surface area contributed by atoms with E-state index in [-0.39, 0.29) is 24.3 Å². The minimum Gasteiger partial charge on any atom is -0.335 e. The van der Waals surface area contributed by atoms with Crippen LogP contribution in [0.25, 0.3) is 27.4 Å². The van der Waals surface area contributed by atoms with E-state index < -0.39 is 20.2 Å². The zero-order valence-electron chi connectivity index (χ0n) is 24.7. The van der Waals surface area contributed by atoms with Crippen molar-refractivity contribution in [3.05, 3.63) is 93.5 Å². The molecule has 0 aliphatic carbocycles. The van der Waals surface area contributed by atoms with Crippen molar-refractivity contribution in [1.29, 1.82) is 0 Å². The Balaban J connectivity index is 1.51. The molecule has 12 heteroatoms. The molecule has 232 valence electrons. The molecule has 2 N–H and O–H groups in total. The molecule has 1 aliphatic rings. The number of allylic oxidation sites excluding steroid dienone is 2. The lowest BCUT2D eigenvalue weighted by Gasteiger charge is -2.21. The molecule has 2 heterocycles. The van der Waals surface area contributed by atoms with E-state index in [0.717, 1.165) is 53.1 Å². The number of thiazole rings is 1. The maximum absolute atomic E-state index is 11.5. The number of aryl methyl sites for hydroxylation is 3. The van der Waals surface area contributed by atoms with Gasteiger partial charge in [0.15, 0.2) is 6.54 Å². The molecule has 0 atom stereocenters. The fourth-order valence-corrected chi connectivity index (χ4v) is 8.63. The molecule has 1 aliphatic heterocycles. The van der Waals surface area contributed by atoms with Gasteiger partial charge in [0.05, 0.1) is 22.2 Å². The standard InChI is InChI=1S/C32H34N2O6S4/c1-22(18-32-33(13-7-15-43(35,36)37)27-19-23(2)24(3)20-30(27)42-32)17-31-34(14-8-16-44(38,39)40)28-21-26(11-12-29(28)41-31)25-9-5-4-6-10-25/h4-6,9-12,17-21H,7-8,13-16H2,1-3H3,(H-,35,36,37,38,39,40)/p+1. The van der Waals surface area contributed by atoms with Gasteiger partial charge in [0.2, 0.25) is 5.52 Å². The van der Waals surface area contributed by atoms with Crippen LogP contribution >= 0.6 is 23.1 Å². The molecule has 4 aromatic rings. The summed E-state index contributed by atoms with van der Waals surface area (Å²) < 4.78 is 67.6. The number of nitrogens with zero attached hydrogens (tertiary/aromatic N) is 2. The average Bonchev–Trinajstić information content (AvgIpc) is 3.44. The van der Waals surface area contributed by atoms with Gasteiger partial charge in [0.1, 0.15) is 4.70 Å². The van der Waals surface area contributed by atoms with Crippen molar-refractivity contribution >= 4 is 65.3 Å². The van der Waals surface area contributed by atoms with Crippen LogP contribution in [-0.4, -0.2) is 44.0 Å². The van der Waals surface area contributed by atoms with Crippen molar-refractivity contribution in [3.8, 4) is 11.1 Å². The zero-order valence-corrected chi connectivity index (χ0v) is 28.0. The van der Waals surface area contributed by atoms with E-state index in [4.69, 9.17) is 0 Å². The predicted octanol–water partition coefficient (Wildman–Crippen LogP) is 6.89. The lowest BCUT2D eigenvalue weighted by Crippen LogP contribution is -2.36. The Bertz CT molecular complexity index is 1980. The fraction of sp³-hybridized carbons (Fsp3) is 0.281. The van der Waals surface area contributed by atoms with E-state index in [1.165, 1.54) is 5.56 Å². The first-order valence-corrected chi connectivity index (χ1v) is 19.0. The van der Waals surface area contributed by atoms with E-state index in [1.54, 1.807) is 23.1 Å². The van der Waals surface area contributed by atoms with E-state index in [9.17, 15) is 25.9 Å². The molecule has 0 radical (unpaired) electrons. The number of aromatic nitrogens is 1. The Kier molecular flexibility index (Phi) is 9.69. The van der Waals surface area contributed by atoms with Crippen molar-refractivity contribution in [2.24, 2.45) is 0 Å². The number of anilines is 1. The zero-order chi connectivity index (χ0) is 31.6. The summed E-state index contributed by atoms with van der Waals surface area (Å²) >= 11 is 3.24. The summed E-state index contributed by atoms with van der Waals surface area (Å²) in [7, 11) is -8.15. The topological polar surface area (TPSA) is 116 Å². The Hall–Kier alpha value is -3.00. The van der Waals surface area contributed by atoms with Crippen LogP contribution in [0.4, 0.5) is 5.69 Å². The Labute approximate surface area is 267 Å². The van der Waals surface area contributed by atoms with Gasteiger partial charge in [-0.15, -0.1) is 0 Å². The van der Waals surface area contributed by atoms with Crippen molar-refractivity contribution in [2.75, 3.05) is 23.0 Å². The quantitative estimate of drug-likeness (QED) is 0.131. The van der Waals surface area contributed by atoms with Gasteiger partial charge in [0.25, 0.3) is 25.2 Å². The molecule has 8 nitrogen and oxygen atoms in total. The molecule has 0 saturated heterocycles. The highest BCUT2D eigenvalue weighted by molar-refractivity contribution is 8.03. The summed E-state index contributed by atoms with van der Waals surface area (Å²) in [5.74, 6) is -0.638. The van der Waals surface area contributed by atoms with Gasteiger partial charge >= 0.3 is 0 Å². The monoisotopic (exact) mass is 671 g/mol. The largest absolute Gasteiger partial charge is 0.335 e. The van der Waals surface area contributed by atoms with Gasteiger partial charge in [-0.2, -0.15) is 21.4 Å². The number of hydrogen-bond acceptors (Lipinski definition) is 7. The Morgan fingerprint density at radius 1 is 0.886 bits per heavy atom. The van der Waals surface area contributed by atoms with Gasteiger partial charge in [-0.1, -0.05) is 59.5 Å². The van der Waals surface area contributed by atoms with Gasteiger partial charge in [-0.25, -0.2) is 0 Å². The smallest absolute Gasteiger partial charge is 0.265 e.